The Morgan fingerprint density at radius 1 is 1.14 bits per heavy atom. The maximum Gasteiger partial charge on any atom is 0.142 e. The Morgan fingerprint density at radius 3 is 2.52 bits per heavy atom. The van der Waals surface area contributed by atoms with Gasteiger partial charge < -0.3 is 5.32 Å². The van der Waals surface area contributed by atoms with Gasteiger partial charge in [-0.25, -0.2) is 8.78 Å². The standard InChI is InChI=1S/C16H15BrClF2N/c1-2-21-14(11-6-4-7-12(19)15(11)17)9-10-5-3-8-13(20)16(10)18/h3-8,14,21H,2,9H2,1H3. The first-order chi connectivity index (χ1) is 10.0. The number of likely N-dealkylation sites (N-methyl/N-ethyl adjacent to an activating group) is 1. The van der Waals surface area contributed by atoms with Crippen LogP contribution in [0.3, 0.4) is 0 Å². The van der Waals surface area contributed by atoms with Crippen LogP contribution in [0.15, 0.2) is 40.9 Å². The average Bonchev–Trinajstić information content (AvgIpc) is 2.46. The first kappa shape index (κ1) is 16.4. The molecule has 0 heterocycles. The zero-order chi connectivity index (χ0) is 15.4. The van der Waals surface area contributed by atoms with Gasteiger partial charge in [0, 0.05) is 6.04 Å². The molecule has 2 rings (SSSR count). The lowest BCUT2D eigenvalue weighted by Crippen LogP contribution is -2.23. The third kappa shape index (κ3) is 3.82. The molecule has 0 spiro atoms. The quantitative estimate of drug-likeness (QED) is 0.751. The second-order valence-corrected chi connectivity index (χ2v) is 5.84. The van der Waals surface area contributed by atoms with Crippen LogP contribution >= 0.6 is 27.5 Å². The van der Waals surface area contributed by atoms with E-state index in [0.29, 0.717) is 23.0 Å². The molecule has 0 fully saturated rings. The van der Waals surface area contributed by atoms with E-state index >= 15 is 0 Å². The van der Waals surface area contributed by atoms with Gasteiger partial charge in [-0.2, -0.15) is 0 Å². The van der Waals surface area contributed by atoms with Gasteiger partial charge in [0.05, 0.1) is 9.50 Å². The molecule has 1 nitrogen and oxygen atoms in total. The lowest BCUT2D eigenvalue weighted by molar-refractivity contribution is 0.536. The minimum Gasteiger partial charge on any atom is -0.310 e. The van der Waals surface area contributed by atoms with Gasteiger partial charge in [-0.3, -0.25) is 0 Å². The molecule has 0 amide bonds. The summed E-state index contributed by atoms with van der Waals surface area (Å²) in [5, 5.41) is 3.40. The van der Waals surface area contributed by atoms with E-state index in [-0.39, 0.29) is 16.9 Å². The fourth-order valence-corrected chi connectivity index (χ4v) is 3.00. The van der Waals surface area contributed by atoms with E-state index in [1.165, 1.54) is 12.1 Å². The van der Waals surface area contributed by atoms with E-state index in [1.807, 2.05) is 13.0 Å². The second kappa shape index (κ2) is 7.34. The van der Waals surface area contributed by atoms with Gasteiger partial charge in [-0.15, -0.1) is 0 Å². The van der Waals surface area contributed by atoms with E-state index in [1.54, 1.807) is 18.2 Å². The number of nitrogens with one attached hydrogen (secondary N) is 1. The number of rotatable bonds is 5. The predicted octanol–water partition coefficient (Wildman–Crippen LogP) is 5.27. The van der Waals surface area contributed by atoms with Gasteiger partial charge in [-0.1, -0.05) is 42.8 Å². The smallest absolute Gasteiger partial charge is 0.142 e. The minimum absolute atomic E-state index is 0.118. The van der Waals surface area contributed by atoms with E-state index in [2.05, 4.69) is 21.2 Å². The number of halogens is 4. The molecule has 0 aliphatic rings. The molecular weight excluding hydrogens is 360 g/mol. The summed E-state index contributed by atoms with van der Waals surface area (Å²) in [4.78, 5) is 0. The number of hydrogen-bond donors (Lipinski definition) is 1. The Hall–Kier alpha value is -0.970. The summed E-state index contributed by atoms with van der Waals surface area (Å²) in [6, 6.07) is 9.47. The molecule has 0 aromatic heterocycles. The third-order valence-corrected chi connectivity index (χ3v) is 4.52. The van der Waals surface area contributed by atoms with Crippen molar-refractivity contribution in [3.8, 4) is 0 Å². The van der Waals surface area contributed by atoms with Crippen LogP contribution < -0.4 is 5.32 Å². The normalized spacial score (nSPS) is 12.4. The summed E-state index contributed by atoms with van der Waals surface area (Å²) in [5.41, 5.74) is 1.48. The zero-order valence-electron chi connectivity index (χ0n) is 11.5. The number of benzene rings is 2. The molecule has 0 radical (unpaired) electrons. The van der Waals surface area contributed by atoms with Crippen LogP contribution in [0, 0.1) is 11.6 Å². The highest BCUT2D eigenvalue weighted by Crippen LogP contribution is 2.30. The monoisotopic (exact) mass is 373 g/mol. The highest BCUT2D eigenvalue weighted by Gasteiger charge is 2.18. The summed E-state index contributed by atoms with van der Waals surface area (Å²) in [5.74, 6) is -0.761. The molecule has 1 N–H and O–H groups in total. The van der Waals surface area contributed by atoms with Crippen LogP contribution in [0.25, 0.3) is 0 Å². The van der Waals surface area contributed by atoms with E-state index in [9.17, 15) is 8.78 Å². The predicted molar refractivity (Wildman–Crippen MR) is 85.6 cm³/mol. The van der Waals surface area contributed by atoms with Gasteiger partial charge in [0.1, 0.15) is 11.6 Å². The number of hydrogen-bond acceptors (Lipinski definition) is 1. The van der Waals surface area contributed by atoms with Crippen LogP contribution in [0.5, 0.6) is 0 Å². The van der Waals surface area contributed by atoms with Gasteiger partial charge in [0.2, 0.25) is 0 Å². The van der Waals surface area contributed by atoms with Crippen LogP contribution in [0.1, 0.15) is 24.1 Å². The molecule has 112 valence electrons. The lowest BCUT2D eigenvalue weighted by Gasteiger charge is -2.21. The molecular formula is C16H15BrClF2N. The largest absolute Gasteiger partial charge is 0.310 e. The van der Waals surface area contributed by atoms with Crippen LogP contribution in [0.2, 0.25) is 5.02 Å². The van der Waals surface area contributed by atoms with Gasteiger partial charge in [0.25, 0.3) is 0 Å². The third-order valence-electron chi connectivity index (χ3n) is 3.26. The molecule has 0 saturated carbocycles. The van der Waals surface area contributed by atoms with Crippen LogP contribution in [0.4, 0.5) is 8.78 Å². The van der Waals surface area contributed by atoms with Crippen molar-refractivity contribution >= 4 is 27.5 Å². The average molecular weight is 375 g/mol. The molecule has 1 unspecified atom stereocenters. The molecule has 2 aromatic carbocycles. The Morgan fingerprint density at radius 2 is 1.81 bits per heavy atom. The molecule has 0 aliphatic carbocycles. The van der Waals surface area contributed by atoms with Gasteiger partial charge >= 0.3 is 0 Å². The second-order valence-electron chi connectivity index (χ2n) is 4.67. The van der Waals surface area contributed by atoms with Crippen molar-refractivity contribution in [2.24, 2.45) is 0 Å². The fourth-order valence-electron chi connectivity index (χ4n) is 2.25. The maximum atomic E-state index is 13.7. The first-order valence-electron chi connectivity index (χ1n) is 6.64. The van der Waals surface area contributed by atoms with Crippen molar-refractivity contribution in [1.82, 2.24) is 5.32 Å². The summed E-state index contributed by atoms with van der Waals surface area (Å²) in [7, 11) is 0. The summed E-state index contributed by atoms with van der Waals surface area (Å²) < 4.78 is 27.7. The van der Waals surface area contributed by atoms with Crippen molar-refractivity contribution < 1.29 is 8.78 Å². The molecule has 21 heavy (non-hydrogen) atoms. The molecule has 0 saturated heterocycles. The highest BCUT2D eigenvalue weighted by molar-refractivity contribution is 9.10. The molecule has 0 aliphatic heterocycles. The van der Waals surface area contributed by atoms with E-state index in [4.69, 9.17) is 11.6 Å². The first-order valence-corrected chi connectivity index (χ1v) is 7.81. The molecule has 1 atom stereocenters. The SMILES string of the molecule is CCNC(Cc1cccc(F)c1Cl)c1cccc(F)c1Br. The summed E-state index contributed by atoms with van der Waals surface area (Å²) in [6.07, 6.45) is 0.479. The lowest BCUT2D eigenvalue weighted by atomic mass is 9.98. The van der Waals surface area contributed by atoms with Crippen molar-refractivity contribution in [2.75, 3.05) is 6.54 Å². The van der Waals surface area contributed by atoms with Gasteiger partial charge in [0.15, 0.2) is 0 Å². The van der Waals surface area contributed by atoms with Crippen molar-refractivity contribution in [2.45, 2.75) is 19.4 Å². The van der Waals surface area contributed by atoms with Crippen LogP contribution in [-0.2, 0) is 6.42 Å². The topological polar surface area (TPSA) is 12.0 Å². The summed E-state index contributed by atoms with van der Waals surface area (Å²) >= 11 is 9.28. The highest BCUT2D eigenvalue weighted by atomic mass is 79.9. The molecule has 5 heteroatoms. The molecule has 0 bridgehead atoms. The van der Waals surface area contributed by atoms with Crippen LogP contribution in [-0.4, -0.2) is 6.54 Å². The van der Waals surface area contributed by atoms with Crippen molar-refractivity contribution in [1.29, 1.82) is 0 Å². The zero-order valence-corrected chi connectivity index (χ0v) is 13.8. The van der Waals surface area contributed by atoms with E-state index in [0.717, 1.165) is 5.56 Å². The Labute approximate surface area is 136 Å². The van der Waals surface area contributed by atoms with E-state index < -0.39 is 5.82 Å². The molecule has 2 aromatic rings. The van der Waals surface area contributed by atoms with Crippen molar-refractivity contribution in [3.05, 3.63) is 68.7 Å². The maximum absolute atomic E-state index is 13.7. The minimum atomic E-state index is -0.442. The fraction of sp³-hybridized carbons (Fsp3) is 0.250. The Kier molecular flexibility index (Phi) is 5.73. The van der Waals surface area contributed by atoms with Gasteiger partial charge in [-0.05, 0) is 52.2 Å². The Balaban J connectivity index is 2.35. The van der Waals surface area contributed by atoms with Crippen molar-refractivity contribution in [3.63, 3.8) is 0 Å². The summed E-state index contributed by atoms with van der Waals surface area (Å²) in [6.45, 7) is 2.67. The Bertz CT molecular complexity index is 634.